The largest absolute Gasteiger partial charge is 0.494 e. The van der Waals surface area contributed by atoms with Crippen LogP contribution in [0.3, 0.4) is 0 Å². The van der Waals surface area contributed by atoms with Gasteiger partial charge in [-0.05, 0) is 62.4 Å². The number of rotatable bonds is 9. The molecule has 138 valence electrons. The van der Waals surface area contributed by atoms with E-state index in [0.29, 0.717) is 5.92 Å². The van der Waals surface area contributed by atoms with Crippen LogP contribution in [0.15, 0.2) is 48.5 Å². The van der Waals surface area contributed by atoms with Crippen molar-refractivity contribution >= 4 is 11.0 Å². The highest BCUT2D eigenvalue weighted by atomic mass is 16.5. The summed E-state index contributed by atoms with van der Waals surface area (Å²) in [7, 11) is 0. The molecule has 3 rings (SSSR count). The topological polar surface area (TPSA) is 27.1 Å². The van der Waals surface area contributed by atoms with Gasteiger partial charge in [0.1, 0.15) is 11.6 Å². The fourth-order valence-corrected chi connectivity index (χ4v) is 3.56. The maximum Gasteiger partial charge on any atom is 0.119 e. The van der Waals surface area contributed by atoms with Gasteiger partial charge in [0, 0.05) is 12.5 Å². The van der Waals surface area contributed by atoms with Gasteiger partial charge in [-0.1, -0.05) is 38.1 Å². The van der Waals surface area contributed by atoms with Crippen molar-refractivity contribution in [2.75, 3.05) is 6.61 Å². The summed E-state index contributed by atoms with van der Waals surface area (Å²) in [6, 6.07) is 16.8. The highest BCUT2D eigenvalue weighted by molar-refractivity contribution is 5.76. The van der Waals surface area contributed by atoms with E-state index in [1.165, 1.54) is 16.9 Å². The molecule has 0 spiro atoms. The van der Waals surface area contributed by atoms with Gasteiger partial charge in [-0.3, -0.25) is 0 Å². The van der Waals surface area contributed by atoms with Crippen LogP contribution in [0.4, 0.5) is 0 Å². The third-order valence-electron chi connectivity index (χ3n) is 5.07. The number of ether oxygens (including phenoxy) is 1. The van der Waals surface area contributed by atoms with Crippen LogP contribution in [0.5, 0.6) is 5.75 Å². The van der Waals surface area contributed by atoms with E-state index < -0.39 is 0 Å². The molecule has 3 aromatic rings. The van der Waals surface area contributed by atoms with Gasteiger partial charge in [-0.25, -0.2) is 4.98 Å². The second-order valence-corrected chi connectivity index (χ2v) is 7.00. The SMILES string of the molecule is CCC(CC)c1nc2ccccc2n1CCCCOc1cccc(C)c1. The van der Waals surface area contributed by atoms with E-state index in [0.717, 1.165) is 50.1 Å². The Hall–Kier alpha value is -2.29. The first-order valence-electron chi connectivity index (χ1n) is 9.87. The summed E-state index contributed by atoms with van der Waals surface area (Å²) in [6.45, 7) is 8.37. The summed E-state index contributed by atoms with van der Waals surface area (Å²) >= 11 is 0. The van der Waals surface area contributed by atoms with Gasteiger partial charge in [0.25, 0.3) is 0 Å². The number of benzene rings is 2. The molecule has 0 radical (unpaired) electrons. The molecule has 0 bridgehead atoms. The van der Waals surface area contributed by atoms with Gasteiger partial charge >= 0.3 is 0 Å². The third kappa shape index (κ3) is 4.27. The molecule has 0 saturated carbocycles. The molecule has 0 fully saturated rings. The lowest BCUT2D eigenvalue weighted by Gasteiger charge is -2.15. The number of fused-ring (bicyclic) bond motifs is 1. The van der Waals surface area contributed by atoms with Gasteiger partial charge in [0.05, 0.1) is 17.6 Å². The van der Waals surface area contributed by atoms with E-state index in [1.807, 2.05) is 12.1 Å². The van der Waals surface area contributed by atoms with Crippen molar-refractivity contribution in [1.29, 1.82) is 0 Å². The van der Waals surface area contributed by atoms with Crippen molar-refractivity contribution in [2.24, 2.45) is 0 Å². The Morgan fingerprint density at radius 1 is 1.00 bits per heavy atom. The van der Waals surface area contributed by atoms with Crippen LogP contribution in [-0.2, 0) is 6.54 Å². The van der Waals surface area contributed by atoms with Crippen LogP contribution in [0.1, 0.15) is 56.8 Å². The smallest absolute Gasteiger partial charge is 0.119 e. The Labute approximate surface area is 157 Å². The number of aromatic nitrogens is 2. The molecule has 2 aromatic carbocycles. The van der Waals surface area contributed by atoms with Crippen molar-refractivity contribution in [2.45, 2.75) is 58.9 Å². The monoisotopic (exact) mass is 350 g/mol. The zero-order chi connectivity index (χ0) is 18.4. The summed E-state index contributed by atoms with van der Waals surface area (Å²) in [6.07, 6.45) is 4.41. The van der Waals surface area contributed by atoms with Crippen molar-refractivity contribution < 1.29 is 4.74 Å². The number of para-hydroxylation sites is 2. The first-order valence-corrected chi connectivity index (χ1v) is 9.87. The minimum absolute atomic E-state index is 0.533. The number of aryl methyl sites for hydroxylation is 2. The average Bonchev–Trinajstić information content (AvgIpc) is 3.01. The van der Waals surface area contributed by atoms with E-state index in [2.05, 4.69) is 61.7 Å². The highest BCUT2D eigenvalue weighted by Crippen LogP contribution is 2.27. The molecule has 0 N–H and O–H groups in total. The summed E-state index contributed by atoms with van der Waals surface area (Å²) in [5, 5.41) is 0. The van der Waals surface area contributed by atoms with E-state index in [9.17, 15) is 0 Å². The normalized spacial score (nSPS) is 11.4. The van der Waals surface area contributed by atoms with Crippen molar-refractivity contribution in [3.05, 3.63) is 59.9 Å². The maximum atomic E-state index is 5.89. The minimum Gasteiger partial charge on any atom is -0.494 e. The van der Waals surface area contributed by atoms with Crippen LogP contribution in [0.2, 0.25) is 0 Å². The molecule has 3 nitrogen and oxygen atoms in total. The summed E-state index contributed by atoms with van der Waals surface area (Å²) < 4.78 is 8.32. The first kappa shape index (κ1) is 18.5. The minimum atomic E-state index is 0.533. The van der Waals surface area contributed by atoms with Crippen molar-refractivity contribution in [1.82, 2.24) is 9.55 Å². The standard InChI is InChI=1S/C23H30N2O/c1-4-19(5-2)23-24-21-13-6-7-14-22(21)25(23)15-8-9-16-26-20-12-10-11-18(3)17-20/h6-7,10-14,17,19H,4-5,8-9,15-16H2,1-3H3. The Morgan fingerprint density at radius 2 is 1.81 bits per heavy atom. The zero-order valence-corrected chi connectivity index (χ0v) is 16.2. The van der Waals surface area contributed by atoms with Crippen molar-refractivity contribution in [3.8, 4) is 5.75 Å². The number of imidazole rings is 1. The summed E-state index contributed by atoms with van der Waals surface area (Å²) in [4.78, 5) is 4.94. The molecule has 0 aliphatic heterocycles. The average molecular weight is 351 g/mol. The predicted octanol–water partition coefficient (Wildman–Crippen LogP) is 6.11. The summed E-state index contributed by atoms with van der Waals surface area (Å²) in [5.74, 6) is 2.75. The van der Waals surface area contributed by atoms with Crippen LogP contribution < -0.4 is 4.74 Å². The molecule has 0 aliphatic rings. The van der Waals surface area contributed by atoms with E-state index in [-0.39, 0.29) is 0 Å². The fraction of sp³-hybridized carbons (Fsp3) is 0.435. The lowest BCUT2D eigenvalue weighted by Crippen LogP contribution is -2.09. The maximum absolute atomic E-state index is 5.89. The van der Waals surface area contributed by atoms with E-state index in [1.54, 1.807) is 0 Å². The van der Waals surface area contributed by atoms with Gasteiger partial charge in [-0.15, -0.1) is 0 Å². The molecule has 1 aromatic heterocycles. The number of hydrogen-bond acceptors (Lipinski definition) is 2. The van der Waals surface area contributed by atoms with Gasteiger partial charge in [0.2, 0.25) is 0 Å². The van der Waals surface area contributed by atoms with E-state index in [4.69, 9.17) is 9.72 Å². The molecular weight excluding hydrogens is 320 g/mol. The second kappa shape index (κ2) is 8.88. The van der Waals surface area contributed by atoms with E-state index >= 15 is 0 Å². The Kier molecular flexibility index (Phi) is 6.32. The molecule has 26 heavy (non-hydrogen) atoms. The van der Waals surface area contributed by atoms with Gasteiger partial charge in [0.15, 0.2) is 0 Å². The molecule has 0 aliphatic carbocycles. The zero-order valence-electron chi connectivity index (χ0n) is 16.2. The quantitative estimate of drug-likeness (QED) is 0.435. The lowest BCUT2D eigenvalue weighted by atomic mass is 10.0. The molecule has 0 atom stereocenters. The molecule has 0 unspecified atom stereocenters. The lowest BCUT2D eigenvalue weighted by molar-refractivity contribution is 0.302. The highest BCUT2D eigenvalue weighted by Gasteiger charge is 2.17. The predicted molar refractivity (Wildman–Crippen MR) is 109 cm³/mol. The van der Waals surface area contributed by atoms with Crippen molar-refractivity contribution in [3.63, 3.8) is 0 Å². The Balaban J connectivity index is 1.63. The van der Waals surface area contributed by atoms with Crippen LogP contribution in [0.25, 0.3) is 11.0 Å². The number of hydrogen-bond donors (Lipinski definition) is 0. The Morgan fingerprint density at radius 3 is 2.58 bits per heavy atom. The molecular formula is C23H30N2O. The molecule has 0 amide bonds. The van der Waals surface area contributed by atoms with Gasteiger partial charge in [-0.2, -0.15) is 0 Å². The third-order valence-corrected chi connectivity index (χ3v) is 5.07. The second-order valence-electron chi connectivity index (χ2n) is 7.00. The molecule has 1 heterocycles. The molecule has 3 heteroatoms. The number of nitrogens with zero attached hydrogens (tertiary/aromatic N) is 2. The van der Waals surface area contributed by atoms with Crippen LogP contribution >= 0.6 is 0 Å². The summed E-state index contributed by atoms with van der Waals surface area (Å²) in [5.41, 5.74) is 3.61. The van der Waals surface area contributed by atoms with Gasteiger partial charge < -0.3 is 9.30 Å². The fourth-order valence-electron chi connectivity index (χ4n) is 3.56. The van der Waals surface area contributed by atoms with Crippen LogP contribution in [-0.4, -0.2) is 16.2 Å². The Bertz CT molecular complexity index is 833. The first-order chi connectivity index (χ1) is 12.7. The van der Waals surface area contributed by atoms with Crippen LogP contribution in [0, 0.1) is 6.92 Å². The molecule has 0 saturated heterocycles. The number of unbranched alkanes of at least 4 members (excludes halogenated alkanes) is 1.